The second kappa shape index (κ2) is 6.29. The lowest BCUT2D eigenvalue weighted by Crippen LogP contribution is -2.11. The molecule has 0 bridgehead atoms. The number of nitrogens with zero attached hydrogens (tertiary/aromatic N) is 5. The number of fused-ring (bicyclic) bond motifs is 1. The van der Waals surface area contributed by atoms with Crippen molar-refractivity contribution in [1.29, 1.82) is 0 Å². The monoisotopic (exact) mass is 333 g/mol. The van der Waals surface area contributed by atoms with Gasteiger partial charge in [0.05, 0.1) is 6.54 Å². The Morgan fingerprint density at radius 3 is 2.91 bits per heavy atom. The molecular weight excluding hydrogens is 321 g/mol. The van der Waals surface area contributed by atoms with Crippen molar-refractivity contribution in [2.24, 2.45) is 0 Å². The average molecular weight is 333 g/mol. The van der Waals surface area contributed by atoms with Crippen LogP contribution in [0, 0.1) is 5.82 Å². The first-order valence-electron chi connectivity index (χ1n) is 6.73. The van der Waals surface area contributed by atoms with E-state index < -0.39 is 11.2 Å². The van der Waals surface area contributed by atoms with Gasteiger partial charge in [0.25, 0.3) is 0 Å². The Kier molecular flexibility index (Phi) is 4.20. The zero-order valence-electron chi connectivity index (χ0n) is 12.0. The van der Waals surface area contributed by atoms with E-state index in [-0.39, 0.29) is 12.4 Å². The lowest BCUT2D eigenvalue weighted by molar-refractivity contribution is -0.136. The molecule has 0 spiro atoms. The van der Waals surface area contributed by atoms with E-state index in [1.54, 1.807) is 25.1 Å². The molecule has 0 amide bonds. The van der Waals surface area contributed by atoms with Crippen LogP contribution >= 0.6 is 11.8 Å². The quantitative estimate of drug-likeness (QED) is 0.563. The smallest absolute Gasteiger partial charge is 0.316 e. The molecule has 0 unspecified atom stereocenters. The van der Waals surface area contributed by atoms with Crippen molar-refractivity contribution in [3.8, 4) is 0 Å². The SMILES string of the molecule is C[C@H](Sc1ncnc2c1nnn2Cc1ccccc1F)C(=O)O. The van der Waals surface area contributed by atoms with Crippen LogP contribution in [0.3, 0.4) is 0 Å². The molecule has 0 saturated heterocycles. The van der Waals surface area contributed by atoms with Gasteiger partial charge in [0.1, 0.15) is 22.4 Å². The highest BCUT2D eigenvalue weighted by Gasteiger charge is 2.19. The van der Waals surface area contributed by atoms with Gasteiger partial charge in [-0.2, -0.15) is 0 Å². The summed E-state index contributed by atoms with van der Waals surface area (Å²) in [5.41, 5.74) is 1.30. The fraction of sp³-hybridized carbons (Fsp3) is 0.214. The highest BCUT2D eigenvalue weighted by atomic mass is 32.2. The summed E-state index contributed by atoms with van der Waals surface area (Å²) in [5.74, 6) is -1.28. The summed E-state index contributed by atoms with van der Waals surface area (Å²) >= 11 is 1.06. The summed E-state index contributed by atoms with van der Waals surface area (Å²) in [7, 11) is 0. The summed E-state index contributed by atoms with van der Waals surface area (Å²) in [5, 5.41) is 16.7. The largest absolute Gasteiger partial charge is 0.480 e. The Bertz CT molecular complexity index is 869. The number of carboxylic acid groups (broad SMARTS) is 1. The van der Waals surface area contributed by atoms with Gasteiger partial charge in [-0.1, -0.05) is 35.2 Å². The lowest BCUT2D eigenvalue weighted by atomic mass is 10.2. The van der Waals surface area contributed by atoms with Gasteiger partial charge >= 0.3 is 5.97 Å². The third-order valence-corrected chi connectivity index (χ3v) is 4.26. The van der Waals surface area contributed by atoms with E-state index in [0.717, 1.165) is 11.8 Å². The highest BCUT2D eigenvalue weighted by Crippen LogP contribution is 2.26. The molecule has 1 atom stereocenters. The first-order chi connectivity index (χ1) is 11.1. The molecular formula is C14H12FN5O2S. The molecule has 2 heterocycles. The predicted molar refractivity (Wildman–Crippen MR) is 81.6 cm³/mol. The number of halogens is 1. The molecule has 0 aliphatic rings. The summed E-state index contributed by atoms with van der Waals surface area (Å²) in [6.45, 7) is 1.74. The van der Waals surface area contributed by atoms with Crippen LogP contribution in [0.2, 0.25) is 0 Å². The van der Waals surface area contributed by atoms with Crippen LogP contribution in [-0.4, -0.2) is 41.3 Å². The minimum Gasteiger partial charge on any atom is -0.480 e. The summed E-state index contributed by atoms with van der Waals surface area (Å²) in [6, 6.07) is 6.39. The van der Waals surface area contributed by atoms with Gasteiger partial charge in [-0.3, -0.25) is 4.79 Å². The van der Waals surface area contributed by atoms with Gasteiger partial charge in [-0.25, -0.2) is 19.0 Å². The Morgan fingerprint density at radius 1 is 1.39 bits per heavy atom. The zero-order chi connectivity index (χ0) is 16.4. The maximum atomic E-state index is 13.8. The second-order valence-corrected chi connectivity index (χ2v) is 6.12. The molecule has 0 aliphatic heterocycles. The van der Waals surface area contributed by atoms with Crippen LogP contribution in [0.1, 0.15) is 12.5 Å². The van der Waals surface area contributed by atoms with Crippen molar-refractivity contribution >= 4 is 28.9 Å². The van der Waals surface area contributed by atoms with Crippen molar-refractivity contribution in [3.63, 3.8) is 0 Å². The number of carboxylic acids is 1. The van der Waals surface area contributed by atoms with Crippen molar-refractivity contribution < 1.29 is 14.3 Å². The Hall–Kier alpha value is -2.55. The maximum Gasteiger partial charge on any atom is 0.316 e. The molecule has 0 radical (unpaired) electrons. The highest BCUT2D eigenvalue weighted by molar-refractivity contribution is 8.00. The molecule has 1 N–H and O–H groups in total. The Labute approximate surface area is 134 Å². The average Bonchev–Trinajstić information content (AvgIpc) is 2.94. The predicted octanol–water partition coefficient (Wildman–Crippen LogP) is 1.97. The molecule has 9 heteroatoms. The normalized spacial score (nSPS) is 12.4. The van der Waals surface area contributed by atoms with E-state index in [1.807, 2.05) is 0 Å². The summed E-state index contributed by atoms with van der Waals surface area (Å²) in [6.07, 6.45) is 1.32. The molecule has 0 fully saturated rings. The number of rotatable bonds is 5. The van der Waals surface area contributed by atoms with Crippen LogP contribution in [0.5, 0.6) is 0 Å². The van der Waals surface area contributed by atoms with Crippen LogP contribution < -0.4 is 0 Å². The van der Waals surface area contributed by atoms with E-state index in [9.17, 15) is 9.18 Å². The van der Waals surface area contributed by atoms with Gasteiger partial charge in [0.2, 0.25) is 0 Å². The van der Waals surface area contributed by atoms with E-state index in [1.165, 1.54) is 17.1 Å². The number of aliphatic carboxylic acids is 1. The molecule has 23 heavy (non-hydrogen) atoms. The van der Waals surface area contributed by atoms with Gasteiger partial charge in [0.15, 0.2) is 11.2 Å². The lowest BCUT2D eigenvalue weighted by Gasteiger charge is -2.05. The van der Waals surface area contributed by atoms with Crippen molar-refractivity contribution in [2.45, 2.75) is 23.7 Å². The molecule has 118 valence electrons. The van der Waals surface area contributed by atoms with Crippen molar-refractivity contribution in [1.82, 2.24) is 25.0 Å². The first-order valence-corrected chi connectivity index (χ1v) is 7.61. The minimum absolute atomic E-state index is 0.179. The van der Waals surface area contributed by atoms with Gasteiger partial charge in [-0.15, -0.1) is 5.10 Å². The number of benzene rings is 1. The van der Waals surface area contributed by atoms with E-state index >= 15 is 0 Å². The number of thioether (sulfide) groups is 1. The number of hydrogen-bond acceptors (Lipinski definition) is 6. The van der Waals surface area contributed by atoms with Crippen molar-refractivity contribution in [2.75, 3.05) is 0 Å². The van der Waals surface area contributed by atoms with Crippen LogP contribution in [0.4, 0.5) is 4.39 Å². The third kappa shape index (κ3) is 3.14. The minimum atomic E-state index is -0.944. The van der Waals surface area contributed by atoms with E-state index in [2.05, 4.69) is 20.3 Å². The maximum absolute atomic E-state index is 13.8. The first kappa shape index (κ1) is 15.3. The van der Waals surface area contributed by atoms with Gasteiger partial charge < -0.3 is 5.11 Å². The molecule has 2 aromatic heterocycles. The number of aromatic nitrogens is 5. The molecule has 3 aromatic rings. The summed E-state index contributed by atoms with van der Waals surface area (Å²) in [4.78, 5) is 19.2. The standard InChI is InChI=1S/C14H12FN5O2S/c1-8(14(21)22)23-13-11-12(16-7-17-13)20(19-18-11)6-9-4-2-3-5-10(9)15/h2-5,7-8H,6H2,1H3,(H,21,22)/t8-/m0/s1. The Morgan fingerprint density at radius 2 is 2.17 bits per heavy atom. The fourth-order valence-electron chi connectivity index (χ4n) is 1.97. The molecule has 3 rings (SSSR count). The zero-order valence-corrected chi connectivity index (χ0v) is 12.9. The van der Waals surface area contributed by atoms with Gasteiger partial charge in [0, 0.05) is 5.56 Å². The number of hydrogen-bond donors (Lipinski definition) is 1. The summed E-state index contributed by atoms with van der Waals surface area (Å²) < 4.78 is 15.2. The molecule has 0 saturated carbocycles. The van der Waals surface area contributed by atoms with Crippen molar-refractivity contribution in [3.05, 3.63) is 42.0 Å². The van der Waals surface area contributed by atoms with Gasteiger partial charge in [-0.05, 0) is 13.0 Å². The van der Waals surface area contributed by atoms with Crippen LogP contribution in [0.25, 0.3) is 11.2 Å². The second-order valence-electron chi connectivity index (χ2n) is 4.79. The van der Waals surface area contributed by atoms with Crippen LogP contribution in [-0.2, 0) is 11.3 Å². The fourth-order valence-corrected chi connectivity index (χ4v) is 2.76. The molecule has 1 aromatic carbocycles. The number of carbonyl (C=O) groups is 1. The van der Waals surface area contributed by atoms with E-state index in [0.29, 0.717) is 21.8 Å². The Balaban J connectivity index is 1.95. The molecule has 0 aliphatic carbocycles. The topological polar surface area (TPSA) is 93.8 Å². The molecule has 7 nitrogen and oxygen atoms in total. The van der Waals surface area contributed by atoms with Crippen LogP contribution in [0.15, 0.2) is 35.6 Å². The third-order valence-electron chi connectivity index (χ3n) is 3.18. The van der Waals surface area contributed by atoms with E-state index in [4.69, 9.17) is 5.11 Å².